The normalized spacial score (nSPS) is 18.5. The van der Waals surface area contributed by atoms with Gasteiger partial charge in [-0.25, -0.2) is 31.9 Å². The zero-order valence-electron chi connectivity index (χ0n) is 29.1. The predicted molar refractivity (Wildman–Crippen MR) is 183 cm³/mol. The molecule has 0 unspecified atom stereocenters. The lowest BCUT2D eigenvalue weighted by Gasteiger charge is -2.47. The fourth-order valence-electron chi connectivity index (χ4n) is 5.37. The van der Waals surface area contributed by atoms with Crippen molar-refractivity contribution in [1.82, 2.24) is 4.90 Å². The smallest absolute Gasteiger partial charge is 0.413 e. The molecule has 0 radical (unpaired) electrons. The molecule has 4 rings (SSSR count). The van der Waals surface area contributed by atoms with Crippen LogP contribution in [0.4, 0.5) is 19.3 Å². The van der Waals surface area contributed by atoms with Crippen molar-refractivity contribution >= 4 is 51.3 Å². The largest absolute Gasteiger partial charge is 0.467 e. The molecule has 54 heavy (non-hydrogen) atoms. The van der Waals surface area contributed by atoms with Crippen molar-refractivity contribution in [2.75, 3.05) is 31.9 Å². The van der Waals surface area contributed by atoms with E-state index in [0.29, 0.717) is 31.1 Å². The number of anilines is 1. The van der Waals surface area contributed by atoms with Crippen molar-refractivity contribution in [3.05, 3.63) is 82.3 Å². The van der Waals surface area contributed by atoms with E-state index in [1.54, 1.807) is 19.1 Å². The van der Waals surface area contributed by atoms with E-state index in [-0.39, 0.29) is 48.2 Å². The van der Waals surface area contributed by atoms with Gasteiger partial charge >= 0.3 is 24.0 Å². The van der Waals surface area contributed by atoms with Crippen LogP contribution in [0.2, 0.25) is 5.02 Å². The molecule has 1 aliphatic heterocycles. The second-order valence-corrected chi connectivity index (χ2v) is 14.0. The van der Waals surface area contributed by atoms with Gasteiger partial charge in [0, 0.05) is 11.6 Å². The van der Waals surface area contributed by atoms with Gasteiger partial charge in [-0.15, -0.1) is 0 Å². The minimum Gasteiger partial charge on any atom is -0.467 e. The molecular weight excluding hydrogens is 764 g/mol. The zero-order valence-corrected chi connectivity index (χ0v) is 30.6. The summed E-state index contributed by atoms with van der Waals surface area (Å²) >= 11 is 6.09. The zero-order chi connectivity index (χ0) is 39.6. The van der Waals surface area contributed by atoms with Crippen molar-refractivity contribution in [2.24, 2.45) is 5.14 Å². The monoisotopic (exact) mass is 801 g/mol. The summed E-state index contributed by atoms with van der Waals surface area (Å²) in [6.07, 6.45) is 0.769. The highest BCUT2D eigenvalue weighted by Gasteiger charge is 2.49. The number of morpholine rings is 1. The summed E-state index contributed by atoms with van der Waals surface area (Å²) in [7, 11) is -4.25. The van der Waals surface area contributed by atoms with Gasteiger partial charge in [-0.3, -0.25) is 14.5 Å². The van der Waals surface area contributed by atoms with Crippen LogP contribution in [0.3, 0.4) is 0 Å². The second-order valence-electron chi connectivity index (χ2n) is 12.0. The van der Waals surface area contributed by atoms with Gasteiger partial charge in [-0.05, 0) is 69.5 Å². The highest BCUT2D eigenvalue weighted by molar-refractivity contribution is 7.89. The molecule has 1 aliphatic rings. The summed E-state index contributed by atoms with van der Waals surface area (Å²) in [5, 5.41) is 19.1. The summed E-state index contributed by atoms with van der Waals surface area (Å²) in [4.78, 5) is 50.5. The lowest BCUT2D eigenvalue weighted by Crippen LogP contribution is -2.62. The first-order valence-electron chi connectivity index (χ1n) is 16.4. The number of nitrogens with zero attached hydrogens (tertiary/aromatic N) is 1. The predicted octanol–water partition coefficient (Wildman–Crippen LogP) is 4.32. The Labute approximate surface area is 313 Å². The number of unbranched alkanes of at least 4 members (excludes halogenated alkanes) is 2. The third kappa shape index (κ3) is 11.1. The number of carbonyl (C=O) groups is 4. The van der Waals surface area contributed by atoms with Gasteiger partial charge in [0.15, 0.2) is 0 Å². The minimum absolute atomic E-state index is 0.0621. The molecule has 294 valence electrons. The van der Waals surface area contributed by atoms with Crippen molar-refractivity contribution in [3.8, 4) is 0 Å². The second kappa shape index (κ2) is 18.5. The number of nitrogens with one attached hydrogen (secondary N) is 1. The summed E-state index contributed by atoms with van der Waals surface area (Å²) in [6, 6.07) is 6.15. The van der Waals surface area contributed by atoms with Crippen LogP contribution in [0.1, 0.15) is 61.2 Å². The van der Waals surface area contributed by atoms with Gasteiger partial charge in [0.25, 0.3) is 0 Å². The summed E-state index contributed by atoms with van der Waals surface area (Å²) in [5.74, 6) is -6.47. The van der Waals surface area contributed by atoms with E-state index >= 15 is 0 Å². The van der Waals surface area contributed by atoms with Gasteiger partial charge in [-0.1, -0.05) is 11.6 Å². The van der Waals surface area contributed by atoms with E-state index in [1.165, 1.54) is 19.3 Å². The Morgan fingerprint density at radius 1 is 1.00 bits per heavy atom. The summed E-state index contributed by atoms with van der Waals surface area (Å²) in [6.45, 7) is 1.88. The highest BCUT2D eigenvalue weighted by Crippen LogP contribution is 2.36. The number of carbonyl (C=O) groups excluding carboxylic acids is 4. The van der Waals surface area contributed by atoms with Crippen molar-refractivity contribution in [3.63, 3.8) is 0 Å². The number of esters is 3. The molecule has 2 heterocycles. The maximum absolute atomic E-state index is 13.8. The van der Waals surface area contributed by atoms with Crippen LogP contribution >= 0.6 is 11.6 Å². The van der Waals surface area contributed by atoms with Crippen LogP contribution in [0, 0.1) is 11.6 Å². The average Bonchev–Trinajstić information content (AvgIpc) is 3.61. The number of halogens is 3. The molecule has 20 heteroatoms. The number of aliphatic hydroxyl groups is 1. The number of nitrogens with two attached hydrogens (primary N) is 1. The molecule has 1 fully saturated rings. The average molecular weight is 802 g/mol. The molecular formula is C34H38ClF2N3O13S. The quantitative estimate of drug-likeness (QED) is 0.0604. The molecule has 0 bridgehead atoms. The summed E-state index contributed by atoms with van der Waals surface area (Å²) in [5.41, 5.74) is -0.193. The van der Waals surface area contributed by atoms with Gasteiger partial charge in [0.2, 0.25) is 22.6 Å². The van der Waals surface area contributed by atoms with Gasteiger partial charge in [-0.2, -0.15) is 0 Å². The van der Waals surface area contributed by atoms with Crippen LogP contribution < -0.4 is 10.5 Å². The maximum Gasteiger partial charge on any atom is 0.413 e. The third-order valence-corrected chi connectivity index (χ3v) is 9.47. The summed E-state index contributed by atoms with van der Waals surface area (Å²) < 4.78 is 82.4. The molecule has 3 aromatic rings. The van der Waals surface area contributed by atoms with Crippen molar-refractivity contribution in [2.45, 2.75) is 68.8 Å². The first kappa shape index (κ1) is 41.9. The van der Waals surface area contributed by atoms with E-state index in [4.69, 9.17) is 44.8 Å². The van der Waals surface area contributed by atoms with Crippen LogP contribution in [-0.4, -0.2) is 81.1 Å². The minimum atomic E-state index is -4.25. The fraction of sp³-hybridized carbons (Fsp3) is 0.412. The van der Waals surface area contributed by atoms with Crippen LogP contribution in [0.25, 0.3) is 0 Å². The molecule has 16 nitrogen and oxygen atoms in total. The van der Waals surface area contributed by atoms with Crippen LogP contribution in [0.5, 0.6) is 0 Å². The van der Waals surface area contributed by atoms with E-state index in [2.05, 4.69) is 5.32 Å². The topological polar surface area (TPSA) is 223 Å². The van der Waals surface area contributed by atoms with Gasteiger partial charge in [0.05, 0.1) is 61.0 Å². The molecule has 0 spiro atoms. The van der Waals surface area contributed by atoms with E-state index in [9.17, 15) is 41.5 Å². The number of rotatable bonds is 16. The number of ether oxygens (including phenoxy) is 5. The Bertz CT molecular complexity index is 1910. The lowest BCUT2D eigenvalue weighted by molar-refractivity contribution is -0.280. The number of sulfonamides is 1. The van der Waals surface area contributed by atoms with Crippen LogP contribution in [0.15, 0.2) is 58.0 Å². The highest BCUT2D eigenvalue weighted by atomic mass is 35.5. The molecule has 0 saturated carbocycles. The maximum atomic E-state index is 13.8. The number of furan rings is 1. The van der Waals surface area contributed by atoms with Gasteiger partial charge < -0.3 is 38.5 Å². The molecule has 1 saturated heterocycles. The van der Waals surface area contributed by atoms with Crippen molar-refractivity contribution < 1.29 is 69.6 Å². The van der Waals surface area contributed by atoms with E-state index in [0.717, 1.165) is 23.1 Å². The Morgan fingerprint density at radius 3 is 2.31 bits per heavy atom. The number of benzene rings is 2. The first-order valence-corrected chi connectivity index (χ1v) is 18.3. The number of hydrogen-bond acceptors (Lipinski definition) is 14. The molecule has 0 aliphatic carbocycles. The molecule has 2 aromatic carbocycles. The Kier molecular flexibility index (Phi) is 14.3. The number of primary sulfonamides is 1. The molecule has 1 amide bonds. The number of hydrogen-bond donors (Lipinski definition) is 3. The van der Waals surface area contributed by atoms with E-state index in [1.807, 2.05) is 0 Å². The third-order valence-electron chi connectivity index (χ3n) is 8.10. The molecule has 3 atom stereocenters. The Morgan fingerprint density at radius 2 is 1.67 bits per heavy atom. The molecule has 1 aromatic heterocycles. The van der Waals surface area contributed by atoms with Crippen molar-refractivity contribution in [1.29, 1.82) is 0 Å². The fourth-order valence-corrected chi connectivity index (χ4v) is 6.47. The Balaban J connectivity index is 1.15. The van der Waals surface area contributed by atoms with Gasteiger partial charge in [0.1, 0.15) is 28.7 Å². The lowest BCUT2D eigenvalue weighted by atomic mass is 9.94. The standard InChI is InChI=1S/C34H38ClF2N3O13S/c1-20-18-53-34(45,22-11-23(36)13-24(37)12-22)21(2)40(20)33(44)52-19-51-31(42)16-30(41)49-8-4-3-5-9-50-32(43)26-14-29(54(38,46)47)27(35)15-28(26)39-17-25-7-6-10-48-25/h6-7,10-15,20-21,39,45H,3-5,8-9,16-19H2,1-2H3,(H2,38,46,47)/t20-,21+,34-/m1/s1. The molecule has 4 N–H and O–H groups in total. The SMILES string of the molecule is C[C@@H]1CO[C@@](O)(c2cc(F)cc(F)c2)[C@H](C)N1C(=O)OCOC(=O)CC(=O)OCCCCCOC(=O)c1cc(S(N)(=O)=O)c(Cl)cc1NCc1ccco1. The van der Waals surface area contributed by atoms with Crippen LogP contribution in [-0.2, 0) is 55.6 Å². The number of amides is 1. The first-order chi connectivity index (χ1) is 25.5. The van der Waals surface area contributed by atoms with E-state index < -0.39 is 81.6 Å². The Hall–Kier alpha value is -4.82.